The maximum absolute atomic E-state index is 7.00. The molecule has 70 heavy (non-hydrogen) atoms. The van der Waals surface area contributed by atoms with Gasteiger partial charge in [0.1, 0.15) is 11.3 Å². The van der Waals surface area contributed by atoms with Gasteiger partial charge in [-0.3, -0.25) is 0 Å². The number of allylic oxidation sites excluding steroid dienone is 1. The van der Waals surface area contributed by atoms with Crippen LogP contribution in [-0.2, 0) is 6.42 Å². The molecule has 0 N–H and O–H groups in total. The molecule has 4 nitrogen and oxygen atoms in total. The molecule has 2 aromatic heterocycles. The number of anilines is 6. The third-order valence-corrected chi connectivity index (χ3v) is 15.2. The molecule has 0 saturated heterocycles. The number of aryl methyl sites for hydroxylation is 1. The van der Waals surface area contributed by atoms with Gasteiger partial charge < -0.3 is 18.6 Å². The standard InChI is InChI=1S/C66H50N2O2/c1-39(2)53-37-59(67(55-27-13-19-41-17-5-7-21-43(41)55)57-29-15-25-49-45-23-9-11-31-61(45)69-65(49)57)51-36-34-48-54(40(3)4)38-60(52-35-33-47(53)63(51)64(48)52)68(56-28-14-20-42-18-6-8-22-44(42)56)58-30-16-26-50-46-24-10-12-32-62(46)70-66(50)58/h5-11,13-31,33-40H,12,32H2,1-4H3. The summed E-state index contributed by atoms with van der Waals surface area (Å²) in [7, 11) is 0. The Hall–Kier alpha value is -8.34. The molecule has 0 spiro atoms. The summed E-state index contributed by atoms with van der Waals surface area (Å²) in [5.74, 6) is 1.52. The highest BCUT2D eigenvalue weighted by atomic mass is 16.3. The van der Waals surface area contributed by atoms with Crippen LogP contribution in [0.5, 0.6) is 0 Å². The first-order valence-electron chi connectivity index (χ1n) is 24.9. The largest absolute Gasteiger partial charge is 0.458 e. The molecule has 11 aromatic carbocycles. The number of rotatable bonds is 8. The van der Waals surface area contributed by atoms with E-state index in [4.69, 9.17) is 8.83 Å². The van der Waals surface area contributed by atoms with Gasteiger partial charge in [0.15, 0.2) is 11.2 Å². The van der Waals surface area contributed by atoms with Crippen molar-refractivity contribution in [3.05, 3.63) is 211 Å². The van der Waals surface area contributed by atoms with E-state index in [1.807, 2.05) is 0 Å². The van der Waals surface area contributed by atoms with Gasteiger partial charge in [0.2, 0.25) is 0 Å². The van der Waals surface area contributed by atoms with Crippen LogP contribution in [0.25, 0.3) is 92.8 Å². The number of hydrogen-bond acceptors (Lipinski definition) is 4. The maximum atomic E-state index is 7.00. The van der Waals surface area contributed by atoms with Crippen LogP contribution in [0.4, 0.5) is 34.1 Å². The van der Waals surface area contributed by atoms with Crippen molar-refractivity contribution in [2.45, 2.75) is 52.4 Å². The second-order valence-corrected chi connectivity index (χ2v) is 19.8. The first-order valence-corrected chi connectivity index (χ1v) is 24.9. The van der Waals surface area contributed by atoms with Gasteiger partial charge in [-0.25, -0.2) is 0 Å². The Morgan fingerprint density at radius 2 is 0.843 bits per heavy atom. The van der Waals surface area contributed by atoms with E-state index in [-0.39, 0.29) is 11.8 Å². The van der Waals surface area contributed by atoms with Gasteiger partial charge in [0, 0.05) is 49.7 Å². The molecular weight excluding hydrogens is 853 g/mol. The minimum Gasteiger partial charge on any atom is -0.458 e. The zero-order valence-corrected chi connectivity index (χ0v) is 39.8. The van der Waals surface area contributed by atoms with Gasteiger partial charge in [0.05, 0.1) is 34.1 Å². The number of para-hydroxylation sites is 3. The number of benzene rings is 11. The third kappa shape index (κ3) is 5.96. The molecular formula is C66H50N2O2. The van der Waals surface area contributed by atoms with Gasteiger partial charge in [-0.15, -0.1) is 0 Å². The van der Waals surface area contributed by atoms with E-state index in [9.17, 15) is 0 Å². The van der Waals surface area contributed by atoms with Gasteiger partial charge in [-0.1, -0.05) is 179 Å². The van der Waals surface area contributed by atoms with Crippen LogP contribution in [0, 0.1) is 0 Å². The number of furan rings is 2. The second kappa shape index (κ2) is 15.6. The summed E-state index contributed by atoms with van der Waals surface area (Å²) < 4.78 is 13.9. The molecule has 4 heteroatoms. The van der Waals surface area contributed by atoms with Crippen molar-refractivity contribution in [3.8, 4) is 0 Å². The molecule has 0 fully saturated rings. The maximum Gasteiger partial charge on any atom is 0.159 e. The van der Waals surface area contributed by atoms with Gasteiger partial charge in [0.25, 0.3) is 0 Å². The minimum absolute atomic E-state index is 0.229. The predicted octanol–water partition coefficient (Wildman–Crippen LogP) is 19.7. The lowest BCUT2D eigenvalue weighted by Crippen LogP contribution is -2.14. The summed E-state index contributed by atoms with van der Waals surface area (Å²) in [6.45, 7) is 9.36. The fourth-order valence-electron chi connectivity index (χ4n) is 12.0. The minimum atomic E-state index is 0.229. The lowest BCUT2D eigenvalue weighted by atomic mass is 9.84. The summed E-state index contributed by atoms with van der Waals surface area (Å²) in [5, 5.41) is 15.6. The van der Waals surface area contributed by atoms with E-state index in [1.165, 1.54) is 70.6 Å². The molecule has 0 atom stereocenters. The summed E-state index contributed by atoms with van der Waals surface area (Å²) in [4.78, 5) is 5.00. The van der Waals surface area contributed by atoms with Crippen LogP contribution in [0.3, 0.4) is 0 Å². The molecule has 0 aliphatic heterocycles. The first-order chi connectivity index (χ1) is 34.4. The van der Waals surface area contributed by atoms with Crippen molar-refractivity contribution in [1.29, 1.82) is 0 Å². The monoisotopic (exact) mass is 902 g/mol. The molecule has 14 rings (SSSR count). The first kappa shape index (κ1) is 40.7. The Bertz CT molecular complexity index is 4270. The van der Waals surface area contributed by atoms with Crippen molar-refractivity contribution < 1.29 is 8.83 Å². The van der Waals surface area contributed by atoms with Crippen LogP contribution in [0.2, 0.25) is 0 Å². The van der Waals surface area contributed by atoms with Crippen molar-refractivity contribution in [3.63, 3.8) is 0 Å². The third-order valence-electron chi connectivity index (χ3n) is 15.2. The highest BCUT2D eigenvalue weighted by Gasteiger charge is 2.30. The Labute approximate surface area is 406 Å². The average molecular weight is 903 g/mol. The molecule has 0 amide bonds. The highest BCUT2D eigenvalue weighted by Crippen LogP contribution is 2.54. The van der Waals surface area contributed by atoms with Crippen molar-refractivity contribution in [2.24, 2.45) is 0 Å². The van der Waals surface area contributed by atoms with Gasteiger partial charge in [-0.2, -0.15) is 0 Å². The summed E-state index contributed by atoms with van der Waals surface area (Å²) in [6.07, 6.45) is 6.41. The van der Waals surface area contributed by atoms with Crippen LogP contribution in [0.15, 0.2) is 197 Å². The van der Waals surface area contributed by atoms with E-state index in [1.54, 1.807) is 0 Å². The molecule has 336 valence electrons. The van der Waals surface area contributed by atoms with Crippen LogP contribution in [0.1, 0.15) is 68.4 Å². The van der Waals surface area contributed by atoms with E-state index < -0.39 is 0 Å². The smallest absolute Gasteiger partial charge is 0.159 e. The fourth-order valence-corrected chi connectivity index (χ4v) is 12.0. The molecule has 13 aromatic rings. The van der Waals surface area contributed by atoms with E-state index in [0.29, 0.717) is 0 Å². The van der Waals surface area contributed by atoms with E-state index in [2.05, 4.69) is 232 Å². The number of fused-ring (bicyclic) bond motifs is 8. The van der Waals surface area contributed by atoms with Crippen molar-refractivity contribution in [1.82, 2.24) is 0 Å². The molecule has 0 radical (unpaired) electrons. The van der Waals surface area contributed by atoms with Gasteiger partial charge in [-0.05, 0) is 104 Å². The second-order valence-electron chi connectivity index (χ2n) is 19.8. The van der Waals surface area contributed by atoms with Crippen LogP contribution < -0.4 is 9.80 Å². The lowest BCUT2D eigenvalue weighted by Gasteiger charge is -2.32. The Morgan fingerprint density at radius 1 is 0.386 bits per heavy atom. The molecule has 0 unspecified atom stereocenters. The molecule has 1 aliphatic rings. The normalized spacial score (nSPS) is 12.9. The predicted molar refractivity (Wildman–Crippen MR) is 297 cm³/mol. The molecule has 2 heterocycles. The molecule has 0 saturated carbocycles. The van der Waals surface area contributed by atoms with Crippen LogP contribution >= 0.6 is 0 Å². The number of nitrogens with zero attached hydrogens (tertiary/aromatic N) is 2. The summed E-state index contributed by atoms with van der Waals surface area (Å²) >= 11 is 0. The Kier molecular flexibility index (Phi) is 9.07. The van der Waals surface area contributed by atoms with Crippen molar-refractivity contribution >= 4 is 127 Å². The topological polar surface area (TPSA) is 32.8 Å². The zero-order valence-electron chi connectivity index (χ0n) is 39.8. The Morgan fingerprint density at radius 3 is 1.43 bits per heavy atom. The average Bonchev–Trinajstić information content (AvgIpc) is 3.98. The molecule has 0 bridgehead atoms. The summed E-state index contributed by atoms with van der Waals surface area (Å²) in [5.41, 5.74) is 13.0. The SMILES string of the molecule is CC(C)c1cc(N(c2cccc3ccccc23)c2cccc3c4c(oc23)CCC=C4)c2ccc3c(C(C)C)cc(N(c4cccc5ccccc45)c4cccc5c4oc4ccccc45)c4ccc1c2c34. The van der Waals surface area contributed by atoms with E-state index >= 15 is 0 Å². The summed E-state index contributed by atoms with van der Waals surface area (Å²) in [6, 6.07) is 67.2. The van der Waals surface area contributed by atoms with Crippen molar-refractivity contribution in [2.75, 3.05) is 9.80 Å². The van der Waals surface area contributed by atoms with E-state index in [0.717, 1.165) is 85.6 Å². The van der Waals surface area contributed by atoms with Gasteiger partial charge >= 0.3 is 0 Å². The zero-order chi connectivity index (χ0) is 46.8. The lowest BCUT2D eigenvalue weighted by molar-refractivity contribution is 0.546. The van der Waals surface area contributed by atoms with Crippen LogP contribution in [-0.4, -0.2) is 0 Å². The number of hydrogen-bond donors (Lipinski definition) is 0. The molecule has 1 aliphatic carbocycles. The quantitative estimate of drug-likeness (QED) is 0.142. The Balaban J connectivity index is 1.13. The highest BCUT2D eigenvalue weighted by molar-refractivity contribution is 6.30. The fraction of sp³-hybridized carbons (Fsp3) is 0.121.